The van der Waals surface area contributed by atoms with Gasteiger partial charge in [-0.15, -0.1) is 5.10 Å². The molecular formula is C29H41N3O5. The van der Waals surface area contributed by atoms with Crippen molar-refractivity contribution in [2.24, 2.45) is 5.10 Å². The topological polar surface area (TPSA) is 102 Å². The number of hydrogen-bond donors (Lipinski definition) is 2. The summed E-state index contributed by atoms with van der Waals surface area (Å²) in [5.41, 5.74) is 6.86. The minimum absolute atomic E-state index is 0.143. The number of ether oxygens (including phenoxy) is 2. The van der Waals surface area contributed by atoms with Gasteiger partial charge in [0.2, 0.25) is 11.5 Å². The molecular weight excluding hydrogens is 470 g/mol. The number of carbonyl (C=O) groups excluding carboxylic acids is 2. The number of unbranched alkanes of at least 4 members (excludes halogenated alkanes) is 2. The lowest BCUT2D eigenvalue weighted by Gasteiger charge is -2.33. The second-order valence-electron chi connectivity index (χ2n) is 11.8. The summed E-state index contributed by atoms with van der Waals surface area (Å²) in [6.07, 6.45) is 8.35. The molecule has 2 aliphatic rings. The smallest absolute Gasteiger partial charge is 0.407 e. The zero-order valence-electron chi connectivity index (χ0n) is 22.9. The maximum Gasteiger partial charge on any atom is 0.407 e. The molecule has 0 atom stereocenters. The molecule has 0 unspecified atom stereocenters. The number of benzene rings is 1. The molecule has 202 valence electrons. The molecule has 1 aromatic heterocycles. The van der Waals surface area contributed by atoms with Gasteiger partial charge in [0, 0.05) is 30.0 Å². The highest BCUT2D eigenvalue weighted by Gasteiger charge is 2.28. The van der Waals surface area contributed by atoms with E-state index in [0.717, 1.165) is 73.6 Å². The Labute approximate surface area is 219 Å². The van der Waals surface area contributed by atoms with Gasteiger partial charge >= 0.3 is 6.09 Å². The first-order valence-electron chi connectivity index (χ1n) is 13.6. The van der Waals surface area contributed by atoms with Crippen LogP contribution in [0.25, 0.3) is 11.0 Å². The van der Waals surface area contributed by atoms with E-state index in [-0.39, 0.29) is 11.5 Å². The molecule has 37 heavy (non-hydrogen) atoms. The Morgan fingerprint density at radius 1 is 1.05 bits per heavy atom. The predicted octanol–water partition coefficient (Wildman–Crippen LogP) is 5.43. The van der Waals surface area contributed by atoms with E-state index in [1.54, 1.807) is 0 Å². The van der Waals surface area contributed by atoms with Gasteiger partial charge in [-0.1, -0.05) is 6.42 Å². The van der Waals surface area contributed by atoms with E-state index in [1.165, 1.54) is 11.1 Å². The molecule has 8 nitrogen and oxygen atoms in total. The van der Waals surface area contributed by atoms with Crippen molar-refractivity contribution in [2.75, 3.05) is 6.54 Å². The van der Waals surface area contributed by atoms with Crippen molar-refractivity contribution in [3.8, 4) is 5.75 Å². The zero-order valence-corrected chi connectivity index (χ0v) is 22.9. The van der Waals surface area contributed by atoms with Gasteiger partial charge in [-0.2, -0.15) is 0 Å². The van der Waals surface area contributed by atoms with Crippen LogP contribution in [0.3, 0.4) is 0 Å². The van der Waals surface area contributed by atoms with Crippen LogP contribution in [-0.4, -0.2) is 29.7 Å². The van der Waals surface area contributed by atoms with Gasteiger partial charge in [-0.05, 0) is 103 Å². The number of alkyl carbamates (subject to hydrolysis) is 1. The molecule has 0 bridgehead atoms. The number of fused-ring (bicyclic) bond motifs is 4. The number of aryl methyl sites for hydroxylation is 2. The highest BCUT2D eigenvalue weighted by atomic mass is 16.6. The van der Waals surface area contributed by atoms with Crippen LogP contribution in [0.1, 0.15) is 96.3 Å². The molecule has 0 saturated carbocycles. The normalized spacial score (nSPS) is 16.9. The van der Waals surface area contributed by atoms with Gasteiger partial charge in [0.05, 0.1) is 0 Å². The van der Waals surface area contributed by atoms with Gasteiger partial charge in [-0.3, -0.25) is 4.79 Å². The lowest BCUT2D eigenvalue weighted by Crippen LogP contribution is -2.33. The maximum absolute atomic E-state index is 12.5. The fourth-order valence-corrected chi connectivity index (χ4v) is 4.96. The largest absolute Gasteiger partial charge is 0.487 e. The fraction of sp³-hybridized carbons (Fsp3) is 0.621. The number of carbonyl (C=O) groups is 2. The standard InChI is InChI=1S/C29H41N3O5/c1-28(2,3)37-27(34)30-16-10-6-7-13-25(33)31-32-26-21-12-9-8-11-20(21)22-17-19-14-15-29(4,5)36-23(19)18-24(22)35-26/h17-18H,6-16H2,1-5H3,(H,30,34)(H,31,33). The first-order valence-corrected chi connectivity index (χ1v) is 13.6. The van der Waals surface area contributed by atoms with E-state index >= 15 is 0 Å². The monoisotopic (exact) mass is 511 g/mol. The molecule has 0 spiro atoms. The molecule has 1 aliphatic heterocycles. The molecule has 0 radical (unpaired) electrons. The Bertz CT molecular complexity index is 1220. The van der Waals surface area contributed by atoms with Gasteiger partial charge in [0.1, 0.15) is 22.5 Å². The Morgan fingerprint density at radius 3 is 2.57 bits per heavy atom. The summed E-state index contributed by atoms with van der Waals surface area (Å²) in [5, 5.41) is 8.28. The molecule has 1 aromatic carbocycles. The Balaban J connectivity index is 1.38. The van der Waals surface area contributed by atoms with Crippen LogP contribution >= 0.6 is 0 Å². The van der Waals surface area contributed by atoms with Crippen molar-refractivity contribution < 1.29 is 23.5 Å². The van der Waals surface area contributed by atoms with Crippen LogP contribution in [0.2, 0.25) is 0 Å². The lowest BCUT2D eigenvalue weighted by atomic mass is 9.88. The molecule has 2 amide bonds. The van der Waals surface area contributed by atoms with Crippen LogP contribution < -0.4 is 21.0 Å². The van der Waals surface area contributed by atoms with Crippen LogP contribution in [0.5, 0.6) is 5.75 Å². The maximum atomic E-state index is 12.5. The molecule has 4 rings (SSSR count). The van der Waals surface area contributed by atoms with Crippen molar-refractivity contribution in [1.29, 1.82) is 0 Å². The van der Waals surface area contributed by atoms with Crippen molar-refractivity contribution >= 4 is 23.0 Å². The average molecular weight is 512 g/mol. The van der Waals surface area contributed by atoms with Gasteiger partial charge < -0.3 is 19.2 Å². The molecule has 0 saturated heterocycles. The molecule has 2 N–H and O–H groups in total. The minimum Gasteiger partial charge on any atom is -0.487 e. The third-order valence-electron chi connectivity index (χ3n) is 6.83. The Morgan fingerprint density at radius 2 is 1.81 bits per heavy atom. The van der Waals surface area contributed by atoms with Gasteiger partial charge in [0.15, 0.2) is 0 Å². The Kier molecular flexibility index (Phi) is 8.14. The number of nitrogens with one attached hydrogen (secondary N) is 2. The van der Waals surface area contributed by atoms with Crippen molar-refractivity contribution in [3.63, 3.8) is 0 Å². The first-order chi connectivity index (χ1) is 17.5. The van der Waals surface area contributed by atoms with E-state index in [4.69, 9.17) is 13.9 Å². The van der Waals surface area contributed by atoms with Gasteiger partial charge in [0.25, 0.3) is 0 Å². The van der Waals surface area contributed by atoms with Crippen molar-refractivity contribution in [1.82, 2.24) is 10.7 Å². The summed E-state index contributed by atoms with van der Waals surface area (Å²) in [6, 6.07) is 4.22. The van der Waals surface area contributed by atoms with E-state index in [1.807, 2.05) is 26.8 Å². The summed E-state index contributed by atoms with van der Waals surface area (Å²) >= 11 is 0. The summed E-state index contributed by atoms with van der Waals surface area (Å²) in [6.45, 7) is 10.2. The first kappa shape index (κ1) is 27.0. The molecule has 2 aromatic rings. The third-order valence-corrected chi connectivity index (χ3v) is 6.83. The van der Waals surface area contributed by atoms with Crippen LogP contribution in [-0.2, 0) is 28.8 Å². The Hall–Kier alpha value is -3.03. The van der Waals surface area contributed by atoms with E-state index in [2.05, 4.69) is 35.8 Å². The predicted molar refractivity (Wildman–Crippen MR) is 142 cm³/mol. The number of amides is 2. The molecule has 2 heterocycles. The summed E-state index contributed by atoms with van der Waals surface area (Å²) in [4.78, 5) is 24.1. The van der Waals surface area contributed by atoms with Crippen LogP contribution in [0.15, 0.2) is 21.7 Å². The highest BCUT2D eigenvalue weighted by Crippen LogP contribution is 2.37. The summed E-state index contributed by atoms with van der Waals surface area (Å²) in [7, 11) is 0. The minimum atomic E-state index is -0.508. The van der Waals surface area contributed by atoms with Crippen LogP contribution in [0.4, 0.5) is 4.79 Å². The van der Waals surface area contributed by atoms with E-state index < -0.39 is 11.7 Å². The van der Waals surface area contributed by atoms with E-state index in [9.17, 15) is 9.59 Å². The van der Waals surface area contributed by atoms with E-state index in [0.29, 0.717) is 24.9 Å². The third kappa shape index (κ3) is 7.27. The fourth-order valence-electron chi connectivity index (χ4n) is 4.96. The number of nitrogens with zero attached hydrogens (tertiary/aromatic N) is 1. The van der Waals surface area contributed by atoms with Crippen molar-refractivity contribution in [2.45, 2.75) is 110 Å². The van der Waals surface area contributed by atoms with Crippen LogP contribution in [0, 0.1) is 0 Å². The second-order valence-corrected chi connectivity index (χ2v) is 11.8. The van der Waals surface area contributed by atoms with Gasteiger partial charge in [-0.25, -0.2) is 10.2 Å². The summed E-state index contributed by atoms with van der Waals surface area (Å²) < 4.78 is 17.7. The number of hydrogen-bond acceptors (Lipinski definition) is 6. The lowest BCUT2D eigenvalue weighted by molar-refractivity contribution is -0.121. The number of rotatable bonds is 7. The molecule has 8 heteroatoms. The highest BCUT2D eigenvalue weighted by molar-refractivity contribution is 5.84. The SMILES string of the molecule is CC(C)(C)OC(=O)NCCCCCC(=O)NN=c1oc2cc3c(cc2c2c1CCCC2)CCC(C)(C)O3. The molecule has 0 fully saturated rings. The quantitative estimate of drug-likeness (QED) is 0.381. The second kappa shape index (κ2) is 11.2. The van der Waals surface area contributed by atoms with Crippen molar-refractivity contribution in [3.05, 3.63) is 34.4 Å². The zero-order chi connectivity index (χ0) is 26.6. The summed E-state index contributed by atoms with van der Waals surface area (Å²) in [5.74, 6) is 0.731. The molecule has 1 aliphatic carbocycles. The average Bonchev–Trinajstić information content (AvgIpc) is 2.82.